The highest BCUT2D eigenvalue weighted by molar-refractivity contribution is 5.77. The Morgan fingerprint density at radius 3 is 2.30 bits per heavy atom. The first kappa shape index (κ1) is 16.5. The van der Waals surface area contributed by atoms with Crippen molar-refractivity contribution < 1.29 is 19.4 Å². The number of carbonyl (C=O) groups excluding carboxylic acids is 1. The lowest BCUT2D eigenvalue weighted by atomic mass is 9.83. The second-order valence-electron chi connectivity index (χ2n) is 5.80. The number of hydrogen-bond donors (Lipinski definition) is 1. The van der Waals surface area contributed by atoms with Crippen LogP contribution in [0, 0.1) is 0 Å². The van der Waals surface area contributed by atoms with Crippen LogP contribution in [0.5, 0.6) is 5.75 Å². The van der Waals surface area contributed by atoms with Gasteiger partial charge in [0.25, 0.3) is 0 Å². The highest BCUT2D eigenvalue weighted by Gasteiger charge is 2.28. The van der Waals surface area contributed by atoms with Crippen LogP contribution in [0.15, 0.2) is 12.1 Å². The van der Waals surface area contributed by atoms with Crippen molar-refractivity contribution in [3.63, 3.8) is 0 Å². The molecule has 0 saturated heterocycles. The van der Waals surface area contributed by atoms with Crippen LogP contribution >= 0.6 is 0 Å². The second-order valence-corrected chi connectivity index (χ2v) is 5.80. The van der Waals surface area contributed by atoms with E-state index >= 15 is 0 Å². The molecule has 0 aromatic heterocycles. The molecule has 1 atom stereocenters. The number of esters is 1. The Bertz CT molecular complexity index is 486. The number of hydrogen-bond acceptors (Lipinski definition) is 4. The Kier molecular flexibility index (Phi) is 5.17. The molecule has 0 bridgehead atoms. The van der Waals surface area contributed by atoms with Crippen LogP contribution in [-0.4, -0.2) is 25.3 Å². The smallest absolute Gasteiger partial charge is 0.339 e. The molecule has 1 aromatic rings. The summed E-state index contributed by atoms with van der Waals surface area (Å²) in [7, 11) is 2.80. The molecule has 0 fully saturated rings. The first-order chi connectivity index (χ1) is 9.26. The molecule has 20 heavy (non-hydrogen) atoms. The van der Waals surface area contributed by atoms with Gasteiger partial charge in [0.2, 0.25) is 0 Å². The SMILES string of the molecule is CCc1cc(C(O)C(=O)OC)c(OC)c(C(C)(C)C)c1. The maximum Gasteiger partial charge on any atom is 0.339 e. The van der Waals surface area contributed by atoms with Gasteiger partial charge in [-0.1, -0.05) is 33.8 Å². The largest absolute Gasteiger partial charge is 0.496 e. The van der Waals surface area contributed by atoms with E-state index in [1.807, 2.05) is 6.92 Å². The number of carbonyl (C=O) groups is 1. The highest BCUT2D eigenvalue weighted by atomic mass is 16.5. The molecule has 0 heterocycles. The maximum atomic E-state index is 11.6. The monoisotopic (exact) mass is 280 g/mol. The van der Waals surface area contributed by atoms with E-state index in [1.165, 1.54) is 7.11 Å². The predicted molar refractivity (Wildman–Crippen MR) is 78.0 cm³/mol. The minimum absolute atomic E-state index is 0.152. The molecule has 1 N–H and O–H groups in total. The van der Waals surface area contributed by atoms with Gasteiger partial charge >= 0.3 is 5.97 Å². The van der Waals surface area contributed by atoms with Crippen molar-refractivity contribution in [1.82, 2.24) is 0 Å². The van der Waals surface area contributed by atoms with Gasteiger partial charge in [-0.3, -0.25) is 0 Å². The third-order valence-electron chi connectivity index (χ3n) is 3.32. The number of aryl methyl sites for hydroxylation is 1. The summed E-state index contributed by atoms with van der Waals surface area (Å²) in [6.07, 6.45) is -0.518. The molecule has 112 valence electrons. The summed E-state index contributed by atoms with van der Waals surface area (Å²) < 4.78 is 10.1. The average molecular weight is 280 g/mol. The first-order valence-corrected chi connectivity index (χ1v) is 6.73. The van der Waals surface area contributed by atoms with E-state index in [1.54, 1.807) is 13.2 Å². The van der Waals surface area contributed by atoms with E-state index in [-0.39, 0.29) is 5.41 Å². The summed E-state index contributed by atoms with van der Waals surface area (Å²) in [5.41, 5.74) is 2.33. The van der Waals surface area contributed by atoms with E-state index in [9.17, 15) is 9.90 Å². The number of benzene rings is 1. The number of ether oxygens (including phenoxy) is 2. The standard InChI is InChI=1S/C16H24O4/c1-7-10-8-11(13(17)15(18)20-6)14(19-5)12(9-10)16(2,3)4/h8-9,13,17H,7H2,1-6H3. The molecule has 1 aromatic carbocycles. The van der Waals surface area contributed by atoms with Gasteiger partial charge in [-0.2, -0.15) is 0 Å². The van der Waals surface area contributed by atoms with Crippen LogP contribution in [0.25, 0.3) is 0 Å². The van der Waals surface area contributed by atoms with Crippen LogP contribution in [-0.2, 0) is 21.4 Å². The van der Waals surface area contributed by atoms with Gasteiger partial charge in [0.05, 0.1) is 14.2 Å². The summed E-state index contributed by atoms with van der Waals surface area (Å²) in [6, 6.07) is 3.86. The van der Waals surface area contributed by atoms with Gasteiger partial charge in [-0.25, -0.2) is 4.79 Å². The van der Waals surface area contributed by atoms with Gasteiger partial charge in [0.15, 0.2) is 6.10 Å². The lowest BCUT2D eigenvalue weighted by molar-refractivity contribution is -0.150. The summed E-state index contributed by atoms with van der Waals surface area (Å²) in [5, 5.41) is 10.2. The number of rotatable bonds is 4. The van der Waals surface area contributed by atoms with Crippen LogP contribution in [0.2, 0.25) is 0 Å². The Labute approximate surface area is 120 Å². The third-order valence-corrected chi connectivity index (χ3v) is 3.32. The van der Waals surface area contributed by atoms with Crippen LogP contribution in [0.1, 0.15) is 50.5 Å². The first-order valence-electron chi connectivity index (χ1n) is 6.73. The van der Waals surface area contributed by atoms with E-state index < -0.39 is 12.1 Å². The molecule has 0 radical (unpaired) electrons. The maximum absolute atomic E-state index is 11.6. The van der Waals surface area contributed by atoms with Crippen LogP contribution in [0.4, 0.5) is 0 Å². The van der Waals surface area contributed by atoms with Crippen LogP contribution in [0.3, 0.4) is 0 Å². The second kappa shape index (κ2) is 6.27. The topological polar surface area (TPSA) is 55.8 Å². The molecular weight excluding hydrogens is 256 g/mol. The van der Waals surface area contributed by atoms with Gasteiger partial charge < -0.3 is 14.6 Å². The molecule has 0 saturated carbocycles. The van der Waals surface area contributed by atoms with E-state index in [0.29, 0.717) is 11.3 Å². The molecule has 0 aliphatic rings. The molecule has 4 nitrogen and oxygen atoms in total. The Morgan fingerprint density at radius 1 is 1.30 bits per heavy atom. The molecule has 0 spiro atoms. The average Bonchev–Trinajstić information content (AvgIpc) is 2.42. The van der Waals surface area contributed by atoms with Gasteiger partial charge in [0.1, 0.15) is 5.75 Å². The zero-order valence-electron chi connectivity index (χ0n) is 13.1. The van der Waals surface area contributed by atoms with Crippen LogP contribution < -0.4 is 4.74 Å². The van der Waals surface area contributed by atoms with Gasteiger partial charge in [-0.15, -0.1) is 0 Å². The van der Waals surface area contributed by atoms with Crippen molar-refractivity contribution in [2.24, 2.45) is 0 Å². The van der Waals surface area contributed by atoms with Crippen molar-refractivity contribution in [1.29, 1.82) is 0 Å². The highest BCUT2D eigenvalue weighted by Crippen LogP contribution is 2.38. The molecule has 0 aliphatic heterocycles. The quantitative estimate of drug-likeness (QED) is 0.862. The van der Waals surface area contributed by atoms with Crippen molar-refractivity contribution >= 4 is 5.97 Å². The molecule has 0 aliphatic carbocycles. The fourth-order valence-electron chi connectivity index (χ4n) is 2.14. The summed E-state index contributed by atoms with van der Waals surface area (Å²) in [4.78, 5) is 11.6. The van der Waals surface area contributed by atoms with Gasteiger partial charge in [-0.05, 0) is 23.5 Å². The fraction of sp³-hybridized carbons (Fsp3) is 0.562. The number of aliphatic hydroxyl groups is 1. The van der Waals surface area contributed by atoms with Crippen molar-refractivity contribution in [3.8, 4) is 5.75 Å². The Balaban J connectivity index is 3.53. The van der Waals surface area contributed by atoms with Crippen molar-refractivity contribution in [3.05, 3.63) is 28.8 Å². The summed E-state index contributed by atoms with van der Waals surface area (Å²) >= 11 is 0. The number of aliphatic hydroxyl groups excluding tert-OH is 1. The molecular formula is C16H24O4. The summed E-state index contributed by atoms with van der Waals surface area (Å²) in [5.74, 6) is -0.135. The fourth-order valence-corrected chi connectivity index (χ4v) is 2.14. The van der Waals surface area contributed by atoms with Gasteiger partial charge in [0, 0.05) is 11.1 Å². The number of methoxy groups -OCH3 is 2. The Morgan fingerprint density at radius 2 is 1.90 bits per heavy atom. The lowest BCUT2D eigenvalue weighted by Gasteiger charge is -2.26. The third kappa shape index (κ3) is 3.31. The molecule has 4 heteroatoms. The predicted octanol–water partition coefficient (Wildman–Crippen LogP) is 2.76. The summed E-state index contributed by atoms with van der Waals surface area (Å²) in [6.45, 7) is 8.23. The molecule has 1 rings (SSSR count). The van der Waals surface area contributed by atoms with Crippen molar-refractivity contribution in [2.45, 2.75) is 45.6 Å². The normalized spacial score (nSPS) is 12.9. The minimum Gasteiger partial charge on any atom is -0.496 e. The van der Waals surface area contributed by atoms with Crippen molar-refractivity contribution in [2.75, 3.05) is 14.2 Å². The molecule has 1 unspecified atom stereocenters. The van der Waals surface area contributed by atoms with E-state index in [0.717, 1.165) is 17.5 Å². The molecule has 0 amide bonds. The van der Waals surface area contributed by atoms with E-state index in [4.69, 9.17) is 4.74 Å². The zero-order chi connectivity index (χ0) is 15.5. The lowest BCUT2D eigenvalue weighted by Crippen LogP contribution is -2.19. The zero-order valence-corrected chi connectivity index (χ0v) is 13.1. The van der Waals surface area contributed by atoms with E-state index in [2.05, 4.69) is 31.6 Å². The Hall–Kier alpha value is -1.55. The minimum atomic E-state index is -1.33.